The van der Waals surface area contributed by atoms with E-state index in [2.05, 4.69) is 26.1 Å². The van der Waals surface area contributed by atoms with Gasteiger partial charge in [0.1, 0.15) is 11.6 Å². The number of rotatable bonds is 1. The van der Waals surface area contributed by atoms with Gasteiger partial charge in [-0.2, -0.15) is 0 Å². The van der Waals surface area contributed by atoms with Crippen LogP contribution in [0.4, 0.5) is 8.78 Å². The van der Waals surface area contributed by atoms with Crippen molar-refractivity contribution in [2.75, 3.05) is 0 Å². The molecule has 0 radical (unpaired) electrons. The molecule has 0 bridgehead atoms. The first-order valence-electron chi connectivity index (χ1n) is 5.11. The monoisotopic (exact) mass is 309 g/mol. The predicted octanol–water partition coefficient (Wildman–Crippen LogP) is 3.44. The van der Waals surface area contributed by atoms with Gasteiger partial charge < -0.3 is 0 Å². The normalized spacial score (nSPS) is 11.1. The van der Waals surface area contributed by atoms with E-state index in [-0.39, 0.29) is 11.4 Å². The quantitative estimate of drug-likeness (QED) is 0.689. The van der Waals surface area contributed by atoms with Crippen molar-refractivity contribution in [1.29, 1.82) is 0 Å². The molecule has 2 heterocycles. The molecule has 2 aromatic heterocycles. The fraction of sp³-hybridized carbons (Fsp3) is 0. The number of hydrogen-bond acceptors (Lipinski definition) is 2. The number of benzene rings is 1. The average Bonchev–Trinajstić information content (AvgIpc) is 2.72. The molecule has 0 unspecified atom stereocenters. The summed E-state index contributed by atoms with van der Waals surface area (Å²) in [6.45, 7) is 0. The van der Waals surface area contributed by atoms with Crippen LogP contribution < -0.4 is 0 Å². The lowest BCUT2D eigenvalue weighted by Crippen LogP contribution is -1.95. The molecule has 0 spiro atoms. The third-order valence-corrected chi connectivity index (χ3v) is 3.02. The van der Waals surface area contributed by atoms with Crippen molar-refractivity contribution in [3.05, 3.63) is 52.6 Å². The van der Waals surface area contributed by atoms with Gasteiger partial charge in [-0.3, -0.25) is 4.40 Å². The van der Waals surface area contributed by atoms with E-state index in [1.807, 2.05) is 0 Å². The Bertz CT molecular complexity index is 719. The van der Waals surface area contributed by atoms with Crippen LogP contribution in [-0.4, -0.2) is 14.6 Å². The minimum atomic E-state index is -0.663. The predicted molar refractivity (Wildman–Crippen MR) is 66.0 cm³/mol. The van der Waals surface area contributed by atoms with Gasteiger partial charge in [0.15, 0.2) is 11.5 Å². The molecule has 90 valence electrons. The molecule has 0 atom stereocenters. The van der Waals surface area contributed by atoms with Crippen LogP contribution in [0.15, 0.2) is 41.0 Å². The molecule has 0 amide bonds. The zero-order chi connectivity index (χ0) is 12.7. The average molecular weight is 310 g/mol. The Hall–Kier alpha value is -1.82. The Morgan fingerprint density at radius 1 is 1.00 bits per heavy atom. The zero-order valence-corrected chi connectivity index (χ0v) is 10.5. The van der Waals surface area contributed by atoms with E-state index < -0.39 is 11.6 Å². The van der Waals surface area contributed by atoms with Crippen molar-refractivity contribution >= 4 is 21.6 Å². The lowest BCUT2D eigenvalue weighted by atomic mass is 10.2. The van der Waals surface area contributed by atoms with Gasteiger partial charge in [-0.25, -0.2) is 8.78 Å². The van der Waals surface area contributed by atoms with Gasteiger partial charge in [-0.05, 0) is 40.2 Å². The molecule has 1 aromatic carbocycles. The Balaban J connectivity index is 2.35. The molecule has 0 aliphatic carbocycles. The van der Waals surface area contributed by atoms with Crippen molar-refractivity contribution in [2.45, 2.75) is 0 Å². The van der Waals surface area contributed by atoms with Crippen LogP contribution in [0.2, 0.25) is 0 Å². The van der Waals surface area contributed by atoms with Gasteiger partial charge in [0.2, 0.25) is 0 Å². The minimum absolute atomic E-state index is 0.141. The smallest absolute Gasteiger partial charge is 0.174 e. The highest BCUT2D eigenvalue weighted by molar-refractivity contribution is 9.10. The van der Waals surface area contributed by atoms with E-state index in [9.17, 15) is 8.78 Å². The Kier molecular flexibility index (Phi) is 2.59. The first kappa shape index (κ1) is 11.3. The van der Waals surface area contributed by atoms with Crippen LogP contribution in [0.25, 0.3) is 17.0 Å². The summed E-state index contributed by atoms with van der Waals surface area (Å²) >= 11 is 3.30. The largest absolute Gasteiger partial charge is 0.281 e. The maximum atomic E-state index is 13.7. The van der Waals surface area contributed by atoms with E-state index in [0.717, 1.165) is 4.47 Å². The second kappa shape index (κ2) is 4.13. The number of aromatic nitrogens is 3. The summed E-state index contributed by atoms with van der Waals surface area (Å²) in [4.78, 5) is 0. The first-order valence-corrected chi connectivity index (χ1v) is 5.91. The number of fused-ring (bicyclic) bond motifs is 1. The van der Waals surface area contributed by atoms with Crippen LogP contribution in [0.5, 0.6) is 0 Å². The van der Waals surface area contributed by atoms with Crippen LogP contribution in [-0.2, 0) is 0 Å². The third-order valence-electron chi connectivity index (χ3n) is 2.55. The second-order valence-electron chi connectivity index (χ2n) is 3.70. The summed E-state index contributed by atoms with van der Waals surface area (Å²) in [7, 11) is 0. The van der Waals surface area contributed by atoms with Crippen LogP contribution in [0.3, 0.4) is 0 Å². The molecule has 0 saturated carbocycles. The molecule has 3 nitrogen and oxygen atoms in total. The van der Waals surface area contributed by atoms with Crippen molar-refractivity contribution in [3.63, 3.8) is 0 Å². The second-order valence-corrected chi connectivity index (χ2v) is 4.61. The Morgan fingerprint density at radius 3 is 2.44 bits per heavy atom. The van der Waals surface area contributed by atoms with Crippen LogP contribution >= 0.6 is 15.9 Å². The number of pyridine rings is 1. The van der Waals surface area contributed by atoms with Crippen molar-refractivity contribution in [2.24, 2.45) is 0 Å². The number of hydrogen-bond donors (Lipinski definition) is 0. The van der Waals surface area contributed by atoms with Gasteiger partial charge in [-0.1, -0.05) is 6.07 Å². The standard InChI is InChI=1S/C12H6BrF2N3/c13-7-4-5-10-16-17-12(18(10)6-7)11-8(14)2-1-3-9(11)15/h1-6H. The Labute approximate surface area is 109 Å². The van der Waals surface area contributed by atoms with Crippen molar-refractivity contribution in [3.8, 4) is 11.4 Å². The van der Waals surface area contributed by atoms with Gasteiger partial charge in [0.05, 0.1) is 5.56 Å². The Morgan fingerprint density at radius 2 is 1.72 bits per heavy atom. The van der Waals surface area contributed by atoms with E-state index >= 15 is 0 Å². The van der Waals surface area contributed by atoms with Crippen LogP contribution in [0.1, 0.15) is 0 Å². The van der Waals surface area contributed by atoms with Crippen molar-refractivity contribution < 1.29 is 8.78 Å². The van der Waals surface area contributed by atoms with E-state index in [1.54, 1.807) is 18.3 Å². The summed E-state index contributed by atoms with van der Waals surface area (Å²) in [5, 5.41) is 7.72. The van der Waals surface area contributed by atoms with Gasteiger partial charge in [0, 0.05) is 10.7 Å². The van der Waals surface area contributed by atoms with Crippen LogP contribution in [0, 0.1) is 11.6 Å². The molecule has 18 heavy (non-hydrogen) atoms. The molecule has 0 fully saturated rings. The SMILES string of the molecule is Fc1cccc(F)c1-c1nnc2ccc(Br)cn12. The lowest BCUT2D eigenvalue weighted by molar-refractivity contribution is 0.587. The van der Waals surface area contributed by atoms with Gasteiger partial charge in [0.25, 0.3) is 0 Å². The van der Waals surface area contributed by atoms with E-state index in [4.69, 9.17) is 0 Å². The summed E-state index contributed by atoms with van der Waals surface area (Å²) in [6, 6.07) is 7.19. The highest BCUT2D eigenvalue weighted by Crippen LogP contribution is 2.25. The molecular weight excluding hydrogens is 304 g/mol. The van der Waals surface area contributed by atoms with Gasteiger partial charge >= 0.3 is 0 Å². The molecular formula is C12H6BrF2N3. The summed E-state index contributed by atoms with van der Waals surface area (Å²) in [5.74, 6) is -1.18. The highest BCUT2D eigenvalue weighted by Gasteiger charge is 2.16. The highest BCUT2D eigenvalue weighted by atomic mass is 79.9. The molecule has 0 aliphatic rings. The minimum Gasteiger partial charge on any atom is -0.281 e. The number of halogens is 3. The third kappa shape index (κ3) is 1.69. The molecule has 0 saturated heterocycles. The summed E-state index contributed by atoms with van der Waals surface area (Å²) in [5.41, 5.74) is 0.346. The summed E-state index contributed by atoms with van der Waals surface area (Å²) in [6.07, 6.45) is 1.66. The fourth-order valence-electron chi connectivity index (χ4n) is 1.75. The summed E-state index contributed by atoms with van der Waals surface area (Å²) < 4.78 is 29.7. The molecule has 0 aliphatic heterocycles. The van der Waals surface area contributed by atoms with E-state index in [1.165, 1.54) is 22.6 Å². The first-order chi connectivity index (χ1) is 8.66. The maximum absolute atomic E-state index is 13.7. The maximum Gasteiger partial charge on any atom is 0.174 e. The fourth-order valence-corrected chi connectivity index (χ4v) is 2.08. The van der Waals surface area contributed by atoms with E-state index in [0.29, 0.717) is 5.65 Å². The lowest BCUT2D eigenvalue weighted by Gasteiger charge is -2.03. The molecule has 0 N–H and O–H groups in total. The van der Waals surface area contributed by atoms with Crippen molar-refractivity contribution in [1.82, 2.24) is 14.6 Å². The zero-order valence-electron chi connectivity index (χ0n) is 8.94. The molecule has 3 rings (SSSR count). The van der Waals surface area contributed by atoms with Gasteiger partial charge in [-0.15, -0.1) is 10.2 Å². The molecule has 6 heteroatoms. The molecule has 3 aromatic rings. The topological polar surface area (TPSA) is 30.2 Å². The number of nitrogens with zero attached hydrogens (tertiary/aromatic N) is 3.